The maximum atomic E-state index is 9.87. The Bertz CT molecular complexity index is 507. The summed E-state index contributed by atoms with van der Waals surface area (Å²) in [7, 11) is 1.96. The van der Waals surface area contributed by atoms with Gasteiger partial charge in [-0.1, -0.05) is 32.1 Å². The Morgan fingerprint density at radius 3 is 2.47 bits per heavy atom. The summed E-state index contributed by atoms with van der Waals surface area (Å²) >= 11 is 0. The second-order valence-electron chi connectivity index (χ2n) is 5.41. The maximum absolute atomic E-state index is 9.87. The molecular formula is C14H20N2O. The molecule has 1 aliphatic carbocycles. The predicted octanol–water partition coefficient (Wildman–Crippen LogP) is 2.38. The van der Waals surface area contributed by atoms with Gasteiger partial charge in [0.15, 0.2) is 0 Å². The average Bonchev–Trinajstić information content (AvgIpc) is 2.50. The molecule has 0 radical (unpaired) electrons. The Kier molecular flexibility index (Phi) is 2.74. The maximum Gasteiger partial charge on any atom is 0.0951 e. The molecule has 1 N–H and O–H groups in total. The lowest BCUT2D eigenvalue weighted by atomic mass is 9.80. The molecule has 1 aromatic rings. The highest BCUT2D eigenvalue weighted by Gasteiger charge is 2.28. The molecule has 0 saturated carbocycles. The van der Waals surface area contributed by atoms with Crippen molar-refractivity contribution >= 4 is 5.57 Å². The van der Waals surface area contributed by atoms with Crippen LogP contribution in [-0.4, -0.2) is 21.0 Å². The van der Waals surface area contributed by atoms with E-state index in [1.807, 2.05) is 37.7 Å². The Morgan fingerprint density at radius 1 is 1.35 bits per heavy atom. The summed E-state index contributed by atoms with van der Waals surface area (Å²) in [5.74, 6) is 0. The van der Waals surface area contributed by atoms with Gasteiger partial charge in [0.05, 0.1) is 11.8 Å². The SMILES string of the molecule is Cc1c(C2=CC(C)(C)C(O)C=C2)nn(C)c1C. The third-order valence-corrected chi connectivity index (χ3v) is 3.65. The van der Waals surface area contributed by atoms with Crippen molar-refractivity contribution in [3.63, 3.8) is 0 Å². The van der Waals surface area contributed by atoms with E-state index in [4.69, 9.17) is 0 Å². The van der Waals surface area contributed by atoms with Gasteiger partial charge in [-0.3, -0.25) is 4.68 Å². The summed E-state index contributed by atoms with van der Waals surface area (Å²) in [6, 6.07) is 0. The van der Waals surface area contributed by atoms with Gasteiger partial charge in [-0.05, 0) is 25.0 Å². The number of nitrogens with zero attached hydrogens (tertiary/aromatic N) is 2. The van der Waals surface area contributed by atoms with Crippen LogP contribution in [0.15, 0.2) is 18.2 Å². The molecule has 0 aromatic carbocycles. The molecule has 0 bridgehead atoms. The van der Waals surface area contributed by atoms with Crippen LogP contribution in [0.5, 0.6) is 0 Å². The molecule has 17 heavy (non-hydrogen) atoms. The van der Waals surface area contributed by atoms with Crippen LogP contribution >= 0.6 is 0 Å². The summed E-state index contributed by atoms with van der Waals surface area (Å²) in [6.45, 7) is 8.22. The molecule has 0 amide bonds. The van der Waals surface area contributed by atoms with Crippen molar-refractivity contribution in [1.82, 2.24) is 9.78 Å². The Balaban J connectivity index is 2.49. The van der Waals surface area contributed by atoms with E-state index < -0.39 is 6.10 Å². The van der Waals surface area contributed by atoms with Crippen LogP contribution in [0.1, 0.15) is 30.8 Å². The van der Waals surface area contributed by atoms with Crippen molar-refractivity contribution in [3.8, 4) is 0 Å². The van der Waals surface area contributed by atoms with Crippen LogP contribution in [0.2, 0.25) is 0 Å². The fraction of sp³-hybridized carbons (Fsp3) is 0.500. The number of hydrogen-bond donors (Lipinski definition) is 1. The fourth-order valence-electron chi connectivity index (χ4n) is 2.11. The van der Waals surface area contributed by atoms with Crippen molar-refractivity contribution in [2.75, 3.05) is 0 Å². The first-order chi connectivity index (χ1) is 7.83. The monoisotopic (exact) mass is 232 g/mol. The van der Waals surface area contributed by atoms with E-state index in [1.54, 1.807) is 0 Å². The van der Waals surface area contributed by atoms with E-state index in [-0.39, 0.29) is 5.41 Å². The summed E-state index contributed by atoms with van der Waals surface area (Å²) in [4.78, 5) is 0. The number of hydrogen-bond acceptors (Lipinski definition) is 2. The number of aryl methyl sites for hydroxylation is 1. The van der Waals surface area contributed by atoms with E-state index >= 15 is 0 Å². The summed E-state index contributed by atoms with van der Waals surface area (Å²) in [5, 5.41) is 14.4. The molecule has 0 fully saturated rings. The lowest BCUT2D eigenvalue weighted by Crippen LogP contribution is -2.27. The third-order valence-electron chi connectivity index (χ3n) is 3.65. The van der Waals surface area contributed by atoms with Gasteiger partial charge in [0.1, 0.15) is 0 Å². The van der Waals surface area contributed by atoms with E-state index in [2.05, 4.69) is 25.0 Å². The first-order valence-electron chi connectivity index (χ1n) is 5.92. The average molecular weight is 232 g/mol. The zero-order valence-electron chi connectivity index (χ0n) is 11.2. The molecule has 0 saturated heterocycles. The van der Waals surface area contributed by atoms with E-state index in [9.17, 15) is 5.11 Å². The fourth-order valence-corrected chi connectivity index (χ4v) is 2.11. The number of allylic oxidation sites excluding steroid dienone is 2. The third kappa shape index (κ3) is 1.95. The van der Waals surface area contributed by atoms with Gasteiger partial charge in [-0.2, -0.15) is 5.10 Å². The van der Waals surface area contributed by atoms with Crippen molar-refractivity contribution in [1.29, 1.82) is 0 Å². The second kappa shape index (κ2) is 3.84. The molecule has 1 unspecified atom stereocenters. The van der Waals surface area contributed by atoms with Crippen molar-refractivity contribution in [2.45, 2.75) is 33.8 Å². The molecular weight excluding hydrogens is 212 g/mol. The molecule has 0 aliphatic heterocycles. The number of aliphatic hydroxyl groups is 1. The number of aliphatic hydroxyl groups excluding tert-OH is 1. The standard InChI is InChI=1S/C14H20N2O/c1-9-10(2)16(5)15-13(9)11-6-7-12(17)14(3,4)8-11/h6-8,12,17H,1-5H3. The predicted molar refractivity (Wildman–Crippen MR) is 69.6 cm³/mol. The first kappa shape index (κ1) is 12.1. The Hall–Kier alpha value is -1.35. The lowest BCUT2D eigenvalue weighted by Gasteiger charge is -2.28. The molecule has 3 heteroatoms. The van der Waals surface area contributed by atoms with Gasteiger partial charge in [0, 0.05) is 18.2 Å². The highest BCUT2D eigenvalue weighted by Crippen LogP contribution is 2.34. The molecule has 92 valence electrons. The van der Waals surface area contributed by atoms with E-state index in [1.165, 1.54) is 11.3 Å². The highest BCUT2D eigenvalue weighted by atomic mass is 16.3. The largest absolute Gasteiger partial charge is 0.388 e. The van der Waals surface area contributed by atoms with Crippen molar-refractivity contribution in [2.24, 2.45) is 12.5 Å². The normalized spacial score (nSPS) is 22.7. The molecule has 3 nitrogen and oxygen atoms in total. The van der Waals surface area contributed by atoms with Crippen molar-refractivity contribution < 1.29 is 5.11 Å². The summed E-state index contributed by atoms with van der Waals surface area (Å²) in [6.07, 6.45) is 5.49. The van der Waals surface area contributed by atoms with Gasteiger partial charge in [0.2, 0.25) is 0 Å². The topological polar surface area (TPSA) is 38.1 Å². The Morgan fingerprint density at radius 2 is 2.00 bits per heavy atom. The quantitative estimate of drug-likeness (QED) is 0.807. The van der Waals surface area contributed by atoms with Gasteiger partial charge >= 0.3 is 0 Å². The van der Waals surface area contributed by atoms with E-state index in [0.29, 0.717) is 0 Å². The minimum absolute atomic E-state index is 0.234. The van der Waals surface area contributed by atoms with Crippen LogP contribution in [0.4, 0.5) is 0 Å². The smallest absolute Gasteiger partial charge is 0.0951 e. The second-order valence-corrected chi connectivity index (χ2v) is 5.41. The minimum Gasteiger partial charge on any atom is -0.388 e. The van der Waals surface area contributed by atoms with Crippen LogP contribution in [0.25, 0.3) is 5.57 Å². The zero-order chi connectivity index (χ0) is 12.8. The molecule has 1 atom stereocenters. The van der Waals surface area contributed by atoms with Crippen LogP contribution in [0.3, 0.4) is 0 Å². The first-order valence-corrected chi connectivity index (χ1v) is 5.92. The Labute approximate surface area is 102 Å². The van der Waals surface area contributed by atoms with Gasteiger partial charge in [-0.25, -0.2) is 0 Å². The van der Waals surface area contributed by atoms with Crippen LogP contribution in [-0.2, 0) is 7.05 Å². The summed E-state index contributed by atoms with van der Waals surface area (Å²) in [5.41, 5.74) is 4.26. The number of rotatable bonds is 1. The summed E-state index contributed by atoms with van der Waals surface area (Å²) < 4.78 is 1.90. The number of aromatic nitrogens is 2. The van der Waals surface area contributed by atoms with E-state index in [0.717, 1.165) is 11.3 Å². The zero-order valence-corrected chi connectivity index (χ0v) is 11.2. The molecule has 1 aromatic heterocycles. The molecule has 1 heterocycles. The highest BCUT2D eigenvalue weighted by molar-refractivity contribution is 5.75. The van der Waals surface area contributed by atoms with Crippen LogP contribution in [0, 0.1) is 19.3 Å². The molecule has 0 spiro atoms. The van der Waals surface area contributed by atoms with Gasteiger partial charge in [-0.15, -0.1) is 0 Å². The molecule has 1 aliphatic rings. The van der Waals surface area contributed by atoms with Gasteiger partial charge in [0.25, 0.3) is 0 Å². The molecule has 2 rings (SSSR count). The van der Waals surface area contributed by atoms with Crippen molar-refractivity contribution in [3.05, 3.63) is 35.2 Å². The van der Waals surface area contributed by atoms with Gasteiger partial charge < -0.3 is 5.11 Å². The lowest BCUT2D eigenvalue weighted by molar-refractivity contribution is 0.125. The van der Waals surface area contributed by atoms with Crippen LogP contribution < -0.4 is 0 Å². The minimum atomic E-state index is -0.420.